The van der Waals surface area contributed by atoms with E-state index >= 15 is 0 Å². The van der Waals surface area contributed by atoms with Crippen LogP contribution in [0.1, 0.15) is 36.6 Å². The van der Waals surface area contributed by atoms with Crippen LogP contribution >= 0.6 is 22.9 Å². The highest BCUT2D eigenvalue weighted by molar-refractivity contribution is 7.22. The number of rotatable bonds is 5. The maximum absolute atomic E-state index is 13.6. The van der Waals surface area contributed by atoms with E-state index in [9.17, 15) is 19.8 Å². The summed E-state index contributed by atoms with van der Waals surface area (Å²) in [7, 11) is 0. The Morgan fingerprint density at radius 2 is 2.00 bits per heavy atom. The van der Waals surface area contributed by atoms with Crippen molar-refractivity contribution in [2.45, 2.75) is 32.4 Å². The number of thiazole rings is 1. The summed E-state index contributed by atoms with van der Waals surface area (Å²) in [6.45, 7) is 4.03. The Hall–Kier alpha value is -4.08. The summed E-state index contributed by atoms with van der Waals surface area (Å²) in [5.41, 5.74) is 2.30. The number of aromatic hydroxyl groups is 1. The lowest BCUT2D eigenvalue weighted by molar-refractivity contribution is -0.132. The molecule has 10 heteroatoms. The zero-order valence-corrected chi connectivity index (χ0v) is 22.5. The summed E-state index contributed by atoms with van der Waals surface area (Å²) in [4.78, 5) is 33.0. The molecule has 1 fully saturated rings. The predicted molar refractivity (Wildman–Crippen MR) is 149 cm³/mol. The van der Waals surface area contributed by atoms with Crippen molar-refractivity contribution in [3.05, 3.63) is 81.9 Å². The van der Waals surface area contributed by atoms with E-state index in [-0.39, 0.29) is 34.1 Å². The van der Waals surface area contributed by atoms with Crippen LogP contribution in [0.5, 0.6) is 17.2 Å². The average molecular weight is 563 g/mol. The van der Waals surface area contributed by atoms with Crippen molar-refractivity contribution in [2.75, 3.05) is 11.5 Å². The summed E-state index contributed by atoms with van der Waals surface area (Å²) in [5, 5.41) is 22.6. The summed E-state index contributed by atoms with van der Waals surface area (Å²) in [5.74, 6) is -1.13. The molecule has 39 heavy (non-hydrogen) atoms. The Labute approximate surface area is 232 Å². The van der Waals surface area contributed by atoms with Crippen LogP contribution in [0, 0.1) is 0 Å². The van der Waals surface area contributed by atoms with Gasteiger partial charge in [0, 0.05) is 17.0 Å². The molecule has 8 nitrogen and oxygen atoms in total. The molecule has 2 atom stereocenters. The minimum atomic E-state index is -1.02. The number of halogens is 1. The Kier molecular flexibility index (Phi) is 6.20. The summed E-state index contributed by atoms with van der Waals surface area (Å²) in [6.07, 6.45) is 0.669. The predicted octanol–water partition coefficient (Wildman–Crippen LogP) is 6.00. The first-order valence-electron chi connectivity index (χ1n) is 12.4. The van der Waals surface area contributed by atoms with Crippen LogP contribution in [0.15, 0.2) is 60.2 Å². The Balaban J connectivity index is 1.55. The monoisotopic (exact) mass is 562 g/mol. The Morgan fingerprint density at radius 1 is 1.18 bits per heavy atom. The van der Waals surface area contributed by atoms with E-state index < -0.39 is 17.7 Å². The summed E-state index contributed by atoms with van der Waals surface area (Å²) >= 11 is 7.38. The van der Waals surface area contributed by atoms with Crippen molar-refractivity contribution in [2.24, 2.45) is 0 Å². The summed E-state index contributed by atoms with van der Waals surface area (Å²) in [6, 6.07) is 14.0. The molecule has 0 bridgehead atoms. The van der Waals surface area contributed by atoms with Crippen molar-refractivity contribution < 1.29 is 29.3 Å². The van der Waals surface area contributed by atoms with Crippen molar-refractivity contribution >= 4 is 55.7 Å². The fourth-order valence-corrected chi connectivity index (χ4v) is 6.30. The van der Waals surface area contributed by atoms with Gasteiger partial charge >= 0.3 is 5.91 Å². The second-order valence-electron chi connectivity index (χ2n) is 9.39. The number of aromatic nitrogens is 1. The van der Waals surface area contributed by atoms with Gasteiger partial charge in [0.25, 0.3) is 5.78 Å². The van der Waals surface area contributed by atoms with E-state index in [1.165, 1.54) is 22.3 Å². The van der Waals surface area contributed by atoms with Crippen LogP contribution in [-0.2, 0) is 16.0 Å². The molecule has 4 aromatic rings. The van der Waals surface area contributed by atoms with Gasteiger partial charge in [-0.1, -0.05) is 29.0 Å². The van der Waals surface area contributed by atoms with Crippen LogP contribution in [-0.4, -0.2) is 39.6 Å². The molecule has 3 aromatic carbocycles. The first-order chi connectivity index (χ1) is 18.7. The highest BCUT2D eigenvalue weighted by atomic mass is 35.5. The van der Waals surface area contributed by atoms with Gasteiger partial charge in [0.1, 0.15) is 17.6 Å². The minimum absolute atomic E-state index is 0.00416. The van der Waals surface area contributed by atoms with E-state index in [1.807, 2.05) is 6.92 Å². The normalized spacial score (nSPS) is 19.9. The number of aliphatic hydroxyl groups is 1. The van der Waals surface area contributed by atoms with Crippen molar-refractivity contribution in [3.63, 3.8) is 0 Å². The number of carbonyl (C=O) groups is 2. The molecule has 1 amide bonds. The number of ether oxygens (including phenoxy) is 2. The molecule has 6 rings (SSSR count). The van der Waals surface area contributed by atoms with E-state index in [4.69, 9.17) is 21.1 Å². The third kappa shape index (κ3) is 4.27. The SMILES string of the molecule is CCOc1cc([C@@H]2/C(=C(\O)c3ccc4c(c3)C[C@H](C)O4)C(=O)C(=O)N2c2nc3ccc(Cl)cc3s2)ccc1O. The van der Waals surface area contributed by atoms with E-state index in [0.29, 0.717) is 34.7 Å². The van der Waals surface area contributed by atoms with Crippen LogP contribution in [0.2, 0.25) is 5.02 Å². The molecular formula is C29H23ClN2O6S. The average Bonchev–Trinajstić information content (AvgIpc) is 3.57. The first-order valence-corrected chi connectivity index (χ1v) is 13.6. The molecule has 198 valence electrons. The molecule has 1 saturated heterocycles. The number of hydrogen-bond donors (Lipinski definition) is 2. The van der Waals surface area contributed by atoms with Crippen LogP contribution in [0.4, 0.5) is 5.13 Å². The molecule has 0 unspecified atom stereocenters. The number of ketones is 1. The number of phenols is 1. The molecule has 2 aliphatic heterocycles. The van der Waals surface area contributed by atoms with Gasteiger partial charge in [-0.2, -0.15) is 0 Å². The van der Waals surface area contributed by atoms with E-state index in [2.05, 4.69) is 4.98 Å². The smallest absolute Gasteiger partial charge is 0.301 e. The van der Waals surface area contributed by atoms with Crippen LogP contribution in [0.3, 0.4) is 0 Å². The highest BCUT2D eigenvalue weighted by Gasteiger charge is 2.48. The van der Waals surface area contributed by atoms with Crippen molar-refractivity contribution in [3.8, 4) is 17.2 Å². The quantitative estimate of drug-likeness (QED) is 0.174. The Morgan fingerprint density at radius 3 is 2.79 bits per heavy atom. The van der Waals surface area contributed by atoms with Gasteiger partial charge in [0.2, 0.25) is 0 Å². The third-order valence-electron chi connectivity index (χ3n) is 6.76. The lowest BCUT2D eigenvalue weighted by atomic mass is 9.94. The molecular weight excluding hydrogens is 540 g/mol. The first kappa shape index (κ1) is 25.2. The van der Waals surface area contributed by atoms with Crippen molar-refractivity contribution in [1.29, 1.82) is 0 Å². The number of aliphatic hydroxyl groups excluding tert-OH is 1. The molecule has 0 aliphatic carbocycles. The topological polar surface area (TPSA) is 109 Å². The molecule has 2 aliphatic rings. The second kappa shape index (κ2) is 9.59. The second-order valence-corrected chi connectivity index (χ2v) is 10.8. The minimum Gasteiger partial charge on any atom is -0.507 e. The lowest BCUT2D eigenvalue weighted by Crippen LogP contribution is -2.29. The zero-order valence-electron chi connectivity index (χ0n) is 21.0. The van der Waals surface area contributed by atoms with Gasteiger partial charge in [0.15, 0.2) is 16.6 Å². The van der Waals surface area contributed by atoms with E-state index in [1.54, 1.807) is 55.5 Å². The van der Waals surface area contributed by atoms with Gasteiger partial charge in [-0.15, -0.1) is 0 Å². The van der Waals surface area contributed by atoms with Crippen molar-refractivity contribution in [1.82, 2.24) is 4.98 Å². The standard InChI is InChI=1S/C29H23ClN2O6S/c1-3-37-22-12-15(4-8-20(22)33)25-24(26(34)16-5-9-21-17(11-16)10-14(2)38-21)27(35)28(36)32(25)29-31-19-7-6-18(30)13-23(19)39-29/h4-9,11-14,25,33-34H,3,10H2,1-2H3/b26-24+/t14-,25+/m0/s1. The largest absolute Gasteiger partial charge is 0.507 e. The van der Waals surface area contributed by atoms with Gasteiger partial charge in [-0.3, -0.25) is 14.5 Å². The van der Waals surface area contributed by atoms with Gasteiger partial charge < -0.3 is 19.7 Å². The number of phenolic OH excluding ortho intramolecular Hbond substituents is 1. The summed E-state index contributed by atoms with van der Waals surface area (Å²) < 4.78 is 12.1. The fourth-order valence-electron chi connectivity index (χ4n) is 5.03. The molecule has 2 N–H and O–H groups in total. The van der Waals surface area contributed by atoms with E-state index in [0.717, 1.165) is 16.0 Å². The number of anilines is 1. The third-order valence-corrected chi connectivity index (χ3v) is 8.01. The molecule has 1 aromatic heterocycles. The van der Waals surface area contributed by atoms with Gasteiger partial charge in [0.05, 0.1) is 28.4 Å². The number of Topliss-reactive ketones (excluding diaryl/α,β-unsaturated/α-hetero) is 1. The number of carbonyl (C=O) groups excluding carboxylic acids is 2. The number of amides is 1. The van der Waals surface area contributed by atoms with Crippen LogP contribution < -0.4 is 14.4 Å². The maximum atomic E-state index is 13.6. The van der Waals surface area contributed by atoms with Crippen LogP contribution in [0.25, 0.3) is 16.0 Å². The number of hydrogen-bond acceptors (Lipinski definition) is 8. The maximum Gasteiger partial charge on any atom is 0.301 e. The lowest BCUT2D eigenvalue weighted by Gasteiger charge is -2.23. The highest BCUT2D eigenvalue weighted by Crippen LogP contribution is 2.46. The molecule has 0 radical (unpaired) electrons. The molecule has 0 saturated carbocycles. The van der Waals surface area contributed by atoms with Gasteiger partial charge in [-0.25, -0.2) is 4.98 Å². The number of benzene rings is 3. The number of fused-ring (bicyclic) bond motifs is 2. The number of nitrogens with zero attached hydrogens (tertiary/aromatic N) is 2. The van der Waals surface area contributed by atoms with Gasteiger partial charge in [-0.05, 0) is 73.5 Å². The molecule has 3 heterocycles. The Bertz CT molecular complexity index is 1700. The zero-order chi connectivity index (χ0) is 27.4. The molecule has 0 spiro atoms. The fraction of sp³-hybridized carbons (Fsp3) is 0.207.